The molecule has 1 fully saturated rings. The zero-order valence-corrected chi connectivity index (χ0v) is 15.2. The predicted octanol–water partition coefficient (Wildman–Crippen LogP) is 2.36. The van der Waals surface area contributed by atoms with Gasteiger partial charge in [-0.05, 0) is 24.1 Å². The molecule has 0 atom stereocenters. The molecule has 2 N–H and O–H groups in total. The molecule has 1 aromatic carbocycles. The number of nitrogens with zero attached hydrogens (tertiary/aromatic N) is 2. The summed E-state index contributed by atoms with van der Waals surface area (Å²) in [5.41, 5.74) is 6.97. The van der Waals surface area contributed by atoms with Gasteiger partial charge in [0.25, 0.3) is 0 Å². The Morgan fingerprint density at radius 2 is 2.14 bits per heavy atom. The molecule has 1 saturated heterocycles. The molecule has 0 aliphatic carbocycles. The highest BCUT2D eigenvalue weighted by molar-refractivity contribution is 14.0. The molecule has 1 aromatic rings. The van der Waals surface area contributed by atoms with Gasteiger partial charge in [0.2, 0.25) is 0 Å². The molecule has 118 valence electrons. The molecule has 2 rings (SSSR count). The molecule has 0 radical (unpaired) electrons. The van der Waals surface area contributed by atoms with E-state index in [9.17, 15) is 4.39 Å². The maximum Gasteiger partial charge on any atom is 0.191 e. The van der Waals surface area contributed by atoms with Gasteiger partial charge in [-0.2, -0.15) is 11.8 Å². The second-order valence-corrected chi connectivity index (χ2v) is 5.78. The molecular weight excluding hydrogens is 404 g/mol. The fourth-order valence-corrected chi connectivity index (χ4v) is 2.95. The molecule has 0 spiro atoms. The first-order valence-corrected chi connectivity index (χ1v) is 7.81. The predicted molar refractivity (Wildman–Crippen MR) is 97.5 cm³/mol. The third kappa shape index (κ3) is 5.54. The Morgan fingerprint density at radius 3 is 2.81 bits per heavy atom. The lowest BCUT2D eigenvalue weighted by Crippen LogP contribution is -2.42. The summed E-state index contributed by atoms with van der Waals surface area (Å²) in [6, 6.07) is 4.88. The number of aliphatic imine (C=N–C) groups is 1. The molecule has 0 bridgehead atoms. The van der Waals surface area contributed by atoms with Crippen molar-refractivity contribution >= 4 is 41.7 Å². The Labute approximate surface area is 146 Å². The maximum absolute atomic E-state index is 13.3. The second-order valence-electron chi connectivity index (χ2n) is 4.56. The van der Waals surface area contributed by atoms with Crippen molar-refractivity contribution in [1.29, 1.82) is 0 Å². The maximum atomic E-state index is 13.3. The molecule has 0 aromatic heterocycles. The van der Waals surface area contributed by atoms with Crippen LogP contribution >= 0.6 is 35.7 Å². The van der Waals surface area contributed by atoms with E-state index in [2.05, 4.69) is 9.89 Å². The monoisotopic (exact) mass is 425 g/mol. The Bertz CT molecular complexity index is 481. The van der Waals surface area contributed by atoms with Gasteiger partial charge in [-0.25, -0.2) is 4.39 Å². The van der Waals surface area contributed by atoms with Gasteiger partial charge in [0.1, 0.15) is 0 Å². The van der Waals surface area contributed by atoms with E-state index in [4.69, 9.17) is 10.5 Å². The minimum atomic E-state index is -0.343. The Balaban J connectivity index is 0.00000220. The molecule has 0 unspecified atom stereocenters. The van der Waals surface area contributed by atoms with Crippen LogP contribution in [0.3, 0.4) is 0 Å². The van der Waals surface area contributed by atoms with E-state index < -0.39 is 0 Å². The van der Waals surface area contributed by atoms with Crippen LogP contribution in [0.1, 0.15) is 5.56 Å². The second kappa shape index (κ2) is 9.34. The van der Waals surface area contributed by atoms with Crippen LogP contribution in [-0.2, 0) is 6.42 Å². The summed E-state index contributed by atoms with van der Waals surface area (Å²) >= 11 is 1.94. The number of guanidine groups is 1. The standard InChI is InChI=1S/C14H20FN3OS.HI/c1-19-13-10-11(2-3-12(13)15)4-5-17-14(16)18-6-8-20-9-7-18;/h2-3,10H,4-9H2,1H3,(H2,16,17);1H. The summed E-state index contributed by atoms with van der Waals surface area (Å²) in [6.45, 7) is 2.53. The number of benzene rings is 1. The minimum Gasteiger partial charge on any atom is -0.494 e. The zero-order chi connectivity index (χ0) is 14.4. The molecular formula is C14H21FIN3OS. The summed E-state index contributed by atoms with van der Waals surface area (Å²) in [4.78, 5) is 6.51. The summed E-state index contributed by atoms with van der Waals surface area (Å²) in [5.74, 6) is 2.74. The van der Waals surface area contributed by atoms with E-state index >= 15 is 0 Å². The highest BCUT2D eigenvalue weighted by Crippen LogP contribution is 2.18. The lowest BCUT2D eigenvalue weighted by Gasteiger charge is -2.27. The number of halogens is 2. The third-order valence-corrected chi connectivity index (χ3v) is 4.17. The Hall–Kier alpha value is -0.700. The van der Waals surface area contributed by atoms with Crippen LogP contribution in [0.25, 0.3) is 0 Å². The fourth-order valence-electron chi connectivity index (χ4n) is 2.05. The van der Waals surface area contributed by atoms with Gasteiger partial charge in [0.05, 0.1) is 7.11 Å². The number of hydrogen-bond donors (Lipinski definition) is 1. The van der Waals surface area contributed by atoms with Gasteiger partial charge in [0.15, 0.2) is 17.5 Å². The molecule has 0 saturated carbocycles. The first kappa shape index (κ1) is 18.3. The summed E-state index contributed by atoms with van der Waals surface area (Å²) in [7, 11) is 1.46. The van der Waals surface area contributed by atoms with Crippen molar-refractivity contribution in [3.8, 4) is 5.75 Å². The van der Waals surface area contributed by atoms with Crippen LogP contribution in [0.5, 0.6) is 5.75 Å². The van der Waals surface area contributed by atoms with Crippen molar-refractivity contribution in [2.24, 2.45) is 10.7 Å². The Morgan fingerprint density at radius 1 is 1.43 bits per heavy atom. The smallest absolute Gasteiger partial charge is 0.191 e. The SMILES string of the molecule is COc1cc(CCN=C(N)N2CCSCC2)ccc1F.I. The summed E-state index contributed by atoms with van der Waals surface area (Å²) in [5, 5.41) is 0. The quantitative estimate of drug-likeness (QED) is 0.457. The number of methoxy groups -OCH3 is 1. The van der Waals surface area contributed by atoms with E-state index in [1.807, 2.05) is 11.8 Å². The first-order chi connectivity index (χ1) is 9.70. The number of hydrogen-bond acceptors (Lipinski definition) is 3. The van der Waals surface area contributed by atoms with Crippen molar-refractivity contribution in [1.82, 2.24) is 4.90 Å². The van der Waals surface area contributed by atoms with Crippen molar-refractivity contribution in [2.75, 3.05) is 38.2 Å². The number of ether oxygens (including phenoxy) is 1. The number of rotatable bonds is 4. The van der Waals surface area contributed by atoms with Gasteiger partial charge >= 0.3 is 0 Å². The molecule has 4 nitrogen and oxygen atoms in total. The highest BCUT2D eigenvalue weighted by Gasteiger charge is 2.11. The van der Waals surface area contributed by atoms with Crippen molar-refractivity contribution < 1.29 is 9.13 Å². The summed E-state index contributed by atoms with van der Waals surface area (Å²) in [6.07, 6.45) is 0.722. The first-order valence-electron chi connectivity index (χ1n) is 6.65. The fraction of sp³-hybridized carbons (Fsp3) is 0.500. The average molecular weight is 425 g/mol. The number of thioether (sulfide) groups is 1. The van der Waals surface area contributed by atoms with Crippen molar-refractivity contribution in [3.05, 3.63) is 29.6 Å². The van der Waals surface area contributed by atoms with Crippen molar-refractivity contribution in [2.45, 2.75) is 6.42 Å². The van der Waals surface area contributed by atoms with Crippen LogP contribution in [0.15, 0.2) is 23.2 Å². The minimum absolute atomic E-state index is 0. The van der Waals surface area contributed by atoms with Crippen molar-refractivity contribution in [3.63, 3.8) is 0 Å². The van der Waals surface area contributed by atoms with E-state index in [1.165, 1.54) is 13.2 Å². The van der Waals surface area contributed by atoms with Gasteiger partial charge in [-0.1, -0.05) is 6.07 Å². The van der Waals surface area contributed by atoms with Gasteiger partial charge in [0, 0.05) is 31.1 Å². The van der Waals surface area contributed by atoms with Crippen LogP contribution in [0, 0.1) is 5.82 Å². The zero-order valence-electron chi connectivity index (χ0n) is 12.0. The molecule has 21 heavy (non-hydrogen) atoms. The molecule has 7 heteroatoms. The van der Waals surface area contributed by atoms with E-state index in [0.717, 1.165) is 36.6 Å². The average Bonchev–Trinajstić information content (AvgIpc) is 2.49. The molecule has 1 heterocycles. The molecule has 1 aliphatic heterocycles. The Kier molecular flexibility index (Phi) is 8.16. The lowest BCUT2D eigenvalue weighted by atomic mass is 10.1. The molecule has 1 aliphatic rings. The van der Waals surface area contributed by atoms with E-state index in [-0.39, 0.29) is 35.5 Å². The van der Waals surface area contributed by atoms with Crippen LogP contribution < -0.4 is 10.5 Å². The highest BCUT2D eigenvalue weighted by atomic mass is 127. The van der Waals surface area contributed by atoms with E-state index in [0.29, 0.717) is 12.5 Å². The van der Waals surface area contributed by atoms with Gasteiger partial charge in [-0.3, -0.25) is 4.99 Å². The normalized spacial score (nSPS) is 15.5. The van der Waals surface area contributed by atoms with Crippen LogP contribution in [0.2, 0.25) is 0 Å². The molecule has 0 amide bonds. The third-order valence-electron chi connectivity index (χ3n) is 3.22. The van der Waals surface area contributed by atoms with Gasteiger partial charge in [-0.15, -0.1) is 24.0 Å². The van der Waals surface area contributed by atoms with E-state index in [1.54, 1.807) is 12.1 Å². The van der Waals surface area contributed by atoms with Crippen LogP contribution in [0.4, 0.5) is 4.39 Å². The number of nitrogens with two attached hydrogens (primary N) is 1. The van der Waals surface area contributed by atoms with Gasteiger partial charge < -0.3 is 15.4 Å². The lowest BCUT2D eigenvalue weighted by molar-refractivity contribution is 0.386. The summed E-state index contributed by atoms with van der Waals surface area (Å²) < 4.78 is 18.2. The van der Waals surface area contributed by atoms with Crippen LogP contribution in [-0.4, -0.2) is 49.1 Å². The largest absolute Gasteiger partial charge is 0.494 e. The topological polar surface area (TPSA) is 50.9 Å².